The number of non-ortho nitro benzene ring substituents is 1. The Morgan fingerprint density at radius 2 is 1.12 bits per heavy atom. The number of nitrogens with zero attached hydrogens (tertiary/aromatic N) is 3. The van der Waals surface area contributed by atoms with Crippen molar-refractivity contribution in [1.82, 2.24) is 0 Å². The van der Waals surface area contributed by atoms with E-state index in [0.717, 1.165) is 50.4 Å². The van der Waals surface area contributed by atoms with E-state index in [4.69, 9.17) is 15.2 Å². The molecule has 33 heavy (non-hydrogen) atoms. The molecule has 0 aromatic heterocycles. The fourth-order valence-corrected chi connectivity index (χ4v) is 5.12. The number of benzene rings is 2. The lowest BCUT2D eigenvalue weighted by atomic mass is 10.2. The van der Waals surface area contributed by atoms with Crippen molar-refractivity contribution in [2.24, 2.45) is 0 Å². The van der Waals surface area contributed by atoms with Gasteiger partial charge in [0.15, 0.2) is 0 Å². The van der Waals surface area contributed by atoms with E-state index < -0.39 is 0 Å². The van der Waals surface area contributed by atoms with Crippen LogP contribution in [0.1, 0.15) is 34.5 Å². The van der Waals surface area contributed by atoms with Crippen LogP contribution in [-0.4, -0.2) is 55.5 Å². The normalized spacial score (nSPS) is 27.4. The number of fused-ring (bicyclic) bond motifs is 4. The lowest BCUT2D eigenvalue weighted by Crippen LogP contribution is -2.42. The van der Waals surface area contributed by atoms with Crippen LogP contribution >= 0.6 is 0 Å². The fourth-order valence-electron chi connectivity index (χ4n) is 5.12. The summed E-state index contributed by atoms with van der Waals surface area (Å²) in [5.41, 5.74) is 8.97. The van der Waals surface area contributed by atoms with Gasteiger partial charge in [0.05, 0.1) is 29.3 Å². The van der Waals surface area contributed by atoms with Crippen LogP contribution in [0.25, 0.3) is 0 Å². The van der Waals surface area contributed by atoms with E-state index in [0.29, 0.717) is 24.4 Å². The SMILES string of the molecule is C.Nc1ccc(N2CC3CCC(C2)O3)cc1.O=[N+]([O-])c1ccc(N2CC3CCC(C2)O3)cc1.[2HH]. The van der Waals surface area contributed by atoms with Crippen LogP contribution in [-0.2, 0) is 9.47 Å². The quantitative estimate of drug-likeness (QED) is 0.412. The first-order chi connectivity index (χ1) is 15.5. The number of nitro benzene ring substituents is 1. The van der Waals surface area contributed by atoms with Crippen molar-refractivity contribution in [3.63, 3.8) is 0 Å². The van der Waals surface area contributed by atoms with Gasteiger partial charge in [-0.25, -0.2) is 0 Å². The average Bonchev–Trinajstić information content (AvgIpc) is 3.33. The lowest BCUT2D eigenvalue weighted by molar-refractivity contribution is -0.384. The number of nitro groups is 1. The zero-order valence-corrected chi connectivity index (χ0v) is 18.1. The molecule has 2 N–H and O–H groups in total. The maximum atomic E-state index is 10.6. The van der Waals surface area contributed by atoms with Crippen molar-refractivity contribution < 1.29 is 15.8 Å². The third kappa shape index (κ3) is 5.39. The Morgan fingerprint density at radius 3 is 1.48 bits per heavy atom. The van der Waals surface area contributed by atoms with Crippen LogP contribution in [0.15, 0.2) is 48.5 Å². The van der Waals surface area contributed by atoms with Crippen LogP contribution in [0, 0.1) is 10.1 Å². The monoisotopic (exact) mass is 457 g/mol. The maximum Gasteiger partial charge on any atom is 0.269 e. The number of hydrogen-bond acceptors (Lipinski definition) is 7. The number of nitrogen functional groups attached to an aromatic ring is 1. The molecule has 0 spiro atoms. The van der Waals surface area contributed by atoms with Crippen molar-refractivity contribution in [3.8, 4) is 0 Å². The summed E-state index contributed by atoms with van der Waals surface area (Å²) in [5.74, 6) is 0. The summed E-state index contributed by atoms with van der Waals surface area (Å²) in [6, 6.07) is 14.9. The first kappa shape index (κ1) is 23.3. The Kier molecular flexibility index (Phi) is 7.05. The van der Waals surface area contributed by atoms with Crippen LogP contribution in [0.3, 0.4) is 0 Å². The van der Waals surface area contributed by atoms with Gasteiger partial charge in [-0.3, -0.25) is 10.1 Å². The van der Waals surface area contributed by atoms with Gasteiger partial charge in [-0.15, -0.1) is 0 Å². The largest absolute Gasteiger partial charge is 0.399 e. The molecule has 8 heteroatoms. The molecule has 0 saturated carbocycles. The third-order valence-electron chi connectivity index (χ3n) is 6.77. The Balaban J connectivity index is 0.000000181. The highest BCUT2D eigenvalue weighted by Crippen LogP contribution is 2.31. The van der Waals surface area contributed by atoms with Gasteiger partial charge in [0.25, 0.3) is 5.69 Å². The van der Waals surface area contributed by atoms with Crippen LogP contribution < -0.4 is 15.5 Å². The molecular weight excluding hydrogens is 420 g/mol. The zero-order valence-electron chi connectivity index (χ0n) is 18.1. The number of anilines is 3. The van der Waals surface area contributed by atoms with Gasteiger partial charge in [0.1, 0.15) is 0 Å². The van der Waals surface area contributed by atoms with Gasteiger partial charge in [-0.05, 0) is 62.1 Å². The first-order valence-electron chi connectivity index (χ1n) is 11.4. The number of morpholine rings is 2. The summed E-state index contributed by atoms with van der Waals surface area (Å²) in [4.78, 5) is 14.9. The summed E-state index contributed by atoms with van der Waals surface area (Å²) >= 11 is 0. The molecule has 0 radical (unpaired) electrons. The van der Waals surface area contributed by atoms with Crippen LogP contribution in [0.2, 0.25) is 0 Å². The molecule has 4 atom stereocenters. The Bertz CT molecular complexity index is 919. The second-order valence-corrected chi connectivity index (χ2v) is 9.09. The van der Waals surface area contributed by atoms with Gasteiger partial charge in [0.2, 0.25) is 0 Å². The predicted molar refractivity (Wildman–Crippen MR) is 133 cm³/mol. The zero-order chi connectivity index (χ0) is 22.1. The second kappa shape index (κ2) is 9.97. The summed E-state index contributed by atoms with van der Waals surface area (Å²) in [6.07, 6.45) is 6.27. The molecule has 4 heterocycles. The molecule has 6 rings (SSSR count). The highest BCUT2D eigenvalue weighted by atomic mass is 16.6. The van der Waals surface area contributed by atoms with Crippen LogP contribution in [0.4, 0.5) is 22.7 Å². The minimum atomic E-state index is -0.368. The lowest BCUT2D eigenvalue weighted by Gasteiger charge is -2.33. The number of ether oxygens (including phenoxy) is 2. The molecule has 2 aromatic rings. The van der Waals surface area contributed by atoms with Crippen molar-refractivity contribution in [2.45, 2.75) is 57.5 Å². The summed E-state index contributed by atoms with van der Waals surface area (Å²) in [5, 5.41) is 10.6. The highest BCUT2D eigenvalue weighted by molar-refractivity contribution is 5.54. The topological polar surface area (TPSA) is 94.1 Å². The maximum absolute atomic E-state index is 10.6. The van der Waals surface area contributed by atoms with Crippen LogP contribution in [0.5, 0.6) is 0 Å². The van der Waals surface area contributed by atoms with Gasteiger partial charge in [0, 0.05) is 56.8 Å². The minimum absolute atomic E-state index is 0. The number of nitrogens with two attached hydrogens (primary N) is 1. The Hall–Kier alpha value is -2.84. The Labute approximate surface area is 196 Å². The minimum Gasteiger partial charge on any atom is -0.399 e. The van der Waals surface area contributed by atoms with E-state index in [2.05, 4.69) is 21.9 Å². The average molecular weight is 458 g/mol. The fraction of sp³-hybridized carbons (Fsp3) is 0.520. The van der Waals surface area contributed by atoms with E-state index in [1.54, 1.807) is 12.1 Å². The number of rotatable bonds is 3. The second-order valence-electron chi connectivity index (χ2n) is 9.09. The van der Waals surface area contributed by atoms with Crippen molar-refractivity contribution in [1.29, 1.82) is 0 Å². The van der Waals surface area contributed by atoms with E-state index >= 15 is 0 Å². The molecule has 4 aliphatic heterocycles. The smallest absolute Gasteiger partial charge is 0.269 e. The summed E-state index contributed by atoms with van der Waals surface area (Å²) < 4.78 is 11.6. The van der Waals surface area contributed by atoms with Gasteiger partial charge >= 0.3 is 0 Å². The van der Waals surface area contributed by atoms with E-state index in [1.807, 2.05) is 24.3 Å². The van der Waals surface area contributed by atoms with Gasteiger partial charge in [-0.1, -0.05) is 7.43 Å². The first-order valence-corrected chi connectivity index (χ1v) is 11.4. The molecule has 4 aliphatic rings. The van der Waals surface area contributed by atoms with E-state index in [-0.39, 0.29) is 19.5 Å². The summed E-state index contributed by atoms with van der Waals surface area (Å²) in [7, 11) is 0. The van der Waals surface area contributed by atoms with Gasteiger partial charge < -0.3 is 25.0 Å². The van der Waals surface area contributed by atoms with Crippen molar-refractivity contribution in [3.05, 3.63) is 58.6 Å². The van der Waals surface area contributed by atoms with E-state index in [9.17, 15) is 10.1 Å². The molecule has 8 nitrogen and oxygen atoms in total. The standard InChI is InChI=1S/C12H14N2O3.C12H16N2O.CH4.H2/c15-14(16)10-3-1-9(2-4-10)13-7-11-5-6-12(8-13)17-11;13-9-1-3-10(4-2-9)14-7-11-5-6-12(8-14)15-11;;/h1-4,11-12H,5-8H2;1-4,11-12H,5-8,13H2;1H4;1H/i;;;1+1. The molecule has 4 bridgehead atoms. The number of hydrogen-bond donors (Lipinski definition) is 1. The highest BCUT2D eigenvalue weighted by Gasteiger charge is 2.34. The third-order valence-corrected chi connectivity index (χ3v) is 6.77. The molecule has 2 aromatic carbocycles. The Morgan fingerprint density at radius 1 is 0.758 bits per heavy atom. The van der Waals surface area contributed by atoms with Crippen molar-refractivity contribution >= 4 is 22.7 Å². The molecule has 4 saturated heterocycles. The molecule has 4 fully saturated rings. The molecular formula is C25H36N4O4. The summed E-state index contributed by atoms with van der Waals surface area (Å²) in [6.45, 7) is 3.85. The predicted octanol–water partition coefficient (Wildman–Crippen LogP) is 4.48. The van der Waals surface area contributed by atoms with E-state index in [1.165, 1.54) is 18.5 Å². The molecule has 180 valence electrons. The molecule has 4 unspecified atom stereocenters. The van der Waals surface area contributed by atoms with Crippen molar-refractivity contribution in [2.75, 3.05) is 41.7 Å². The molecule has 0 amide bonds. The van der Waals surface area contributed by atoms with Gasteiger partial charge in [-0.2, -0.15) is 0 Å². The molecule has 0 aliphatic carbocycles.